The van der Waals surface area contributed by atoms with E-state index >= 15 is 0 Å². The van der Waals surface area contributed by atoms with Gasteiger partial charge in [-0.2, -0.15) is 21.6 Å². The van der Waals surface area contributed by atoms with E-state index < -0.39 is 21.4 Å². The average Bonchev–Trinajstić information content (AvgIpc) is 2.51. The molecule has 0 fully saturated rings. The summed E-state index contributed by atoms with van der Waals surface area (Å²) in [6.07, 6.45) is 1.75. The minimum Gasteiger partial charge on any atom is -0.375 e. The largest absolute Gasteiger partial charge is 0.534 e. The highest BCUT2D eigenvalue weighted by molar-refractivity contribution is 7.99. The van der Waals surface area contributed by atoms with Gasteiger partial charge in [0.25, 0.3) is 0 Å². The summed E-state index contributed by atoms with van der Waals surface area (Å²) in [5.41, 5.74) is -4.49. The Labute approximate surface area is 139 Å². The summed E-state index contributed by atoms with van der Waals surface area (Å²) >= 11 is 1.28. The van der Waals surface area contributed by atoms with Crippen LogP contribution in [0.5, 0.6) is 5.75 Å². The molecule has 0 unspecified atom stereocenters. The Hall–Kier alpha value is -2.00. The van der Waals surface area contributed by atoms with Gasteiger partial charge in [-0.3, -0.25) is 0 Å². The van der Waals surface area contributed by atoms with Gasteiger partial charge in [-0.15, -0.1) is 11.8 Å². The molecule has 0 saturated carbocycles. The Bertz CT molecular complexity index is 1030. The summed E-state index contributed by atoms with van der Waals surface area (Å²) in [6, 6.07) is 11.3. The first-order chi connectivity index (χ1) is 11.2. The maximum absolute atomic E-state index is 12.6. The molecule has 4 nitrogen and oxygen atoms in total. The molecular weight excluding hydrogens is 363 g/mol. The zero-order valence-corrected chi connectivity index (χ0v) is 13.8. The quantitative estimate of drug-likeness (QED) is 0.296. The lowest BCUT2D eigenvalue weighted by atomic mass is 10.1. The predicted molar refractivity (Wildman–Crippen MR) is 86.6 cm³/mol. The highest BCUT2D eigenvalue weighted by Crippen LogP contribution is 2.39. The summed E-state index contributed by atoms with van der Waals surface area (Å²) in [5, 5.41) is 0.939. The molecule has 0 atom stereocenters. The third kappa shape index (κ3) is 2.78. The van der Waals surface area contributed by atoms with Crippen molar-refractivity contribution in [1.29, 1.82) is 0 Å². The molecule has 3 rings (SSSR count). The summed E-state index contributed by atoms with van der Waals surface area (Å²) < 4.78 is 64.9. The molecule has 1 aromatic heterocycles. The maximum atomic E-state index is 12.6. The third-order valence-corrected chi connectivity index (χ3v) is 5.11. The fourth-order valence-corrected chi connectivity index (χ4v) is 3.59. The van der Waals surface area contributed by atoms with Crippen molar-refractivity contribution >= 4 is 43.7 Å². The Morgan fingerprint density at radius 1 is 1.04 bits per heavy atom. The van der Waals surface area contributed by atoms with Gasteiger partial charge in [-0.05, 0) is 24.5 Å². The van der Waals surface area contributed by atoms with E-state index in [1.54, 1.807) is 36.6 Å². The van der Waals surface area contributed by atoms with Gasteiger partial charge in [-0.25, -0.2) is 4.98 Å². The molecule has 0 radical (unpaired) electrons. The molecular formula is C15H10F3NO3S2. The number of alkyl halides is 3. The zero-order chi connectivity index (χ0) is 17.5. The van der Waals surface area contributed by atoms with Gasteiger partial charge in [0.1, 0.15) is 0 Å². The lowest BCUT2D eigenvalue weighted by molar-refractivity contribution is -0.0499. The molecule has 0 aliphatic carbocycles. The van der Waals surface area contributed by atoms with Gasteiger partial charge in [0.05, 0.1) is 16.4 Å². The zero-order valence-electron chi connectivity index (χ0n) is 12.2. The van der Waals surface area contributed by atoms with Crippen LogP contribution in [0.25, 0.3) is 21.8 Å². The lowest BCUT2D eigenvalue weighted by Crippen LogP contribution is -2.28. The van der Waals surface area contributed by atoms with Crippen molar-refractivity contribution in [1.82, 2.24) is 4.98 Å². The van der Waals surface area contributed by atoms with Crippen molar-refractivity contribution in [2.24, 2.45) is 0 Å². The maximum Gasteiger partial charge on any atom is 0.534 e. The van der Waals surface area contributed by atoms with E-state index in [4.69, 9.17) is 0 Å². The minimum absolute atomic E-state index is 0.233. The number of thioether (sulfide) groups is 1. The van der Waals surface area contributed by atoms with Gasteiger partial charge in [-0.1, -0.05) is 24.3 Å². The predicted octanol–water partition coefficient (Wildman–Crippen LogP) is 4.34. The van der Waals surface area contributed by atoms with Crippen LogP contribution in [0.3, 0.4) is 0 Å². The Balaban J connectivity index is 2.32. The van der Waals surface area contributed by atoms with E-state index in [2.05, 4.69) is 9.17 Å². The van der Waals surface area contributed by atoms with Crippen LogP contribution in [0.1, 0.15) is 0 Å². The van der Waals surface area contributed by atoms with Crippen LogP contribution >= 0.6 is 11.8 Å². The number of halogens is 3. The first-order valence-electron chi connectivity index (χ1n) is 6.61. The highest BCUT2D eigenvalue weighted by Gasteiger charge is 2.48. The van der Waals surface area contributed by atoms with Crippen LogP contribution in [0.2, 0.25) is 0 Å². The molecule has 2 aromatic carbocycles. The number of benzene rings is 2. The van der Waals surface area contributed by atoms with E-state index in [0.717, 1.165) is 0 Å². The Morgan fingerprint density at radius 3 is 2.38 bits per heavy atom. The minimum atomic E-state index is -5.76. The van der Waals surface area contributed by atoms with Crippen molar-refractivity contribution < 1.29 is 25.8 Å². The monoisotopic (exact) mass is 373 g/mol. The van der Waals surface area contributed by atoms with Crippen LogP contribution in [0.4, 0.5) is 13.2 Å². The van der Waals surface area contributed by atoms with Gasteiger partial charge in [0.15, 0.2) is 5.75 Å². The molecule has 9 heteroatoms. The van der Waals surface area contributed by atoms with E-state index in [1.165, 1.54) is 23.9 Å². The fourth-order valence-electron chi connectivity index (χ4n) is 2.32. The SMILES string of the molecule is CSc1c2ccccc2nc2cccc(OS(=O)(=O)C(F)(F)F)c12. The number of para-hydroxylation sites is 1. The molecule has 0 aliphatic rings. The first kappa shape index (κ1) is 16.8. The van der Waals surface area contributed by atoms with Crippen molar-refractivity contribution in [3.05, 3.63) is 42.5 Å². The third-order valence-electron chi connectivity index (χ3n) is 3.31. The van der Waals surface area contributed by atoms with Gasteiger partial charge >= 0.3 is 15.6 Å². The van der Waals surface area contributed by atoms with Crippen molar-refractivity contribution in [2.45, 2.75) is 10.4 Å². The van der Waals surface area contributed by atoms with Crippen LogP contribution in [0.15, 0.2) is 47.4 Å². The van der Waals surface area contributed by atoms with E-state index in [0.29, 0.717) is 21.3 Å². The average molecular weight is 373 g/mol. The summed E-state index contributed by atoms with van der Waals surface area (Å²) in [6.45, 7) is 0. The van der Waals surface area contributed by atoms with Crippen LogP contribution < -0.4 is 4.18 Å². The van der Waals surface area contributed by atoms with E-state index in [-0.39, 0.29) is 5.39 Å². The molecule has 0 saturated heterocycles. The molecule has 126 valence electrons. The molecule has 24 heavy (non-hydrogen) atoms. The number of nitrogens with zero attached hydrogens (tertiary/aromatic N) is 1. The first-order valence-corrected chi connectivity index (χ1v) is 9.24. The molecule has 0 N–H and O–H groups in total. The molecule has 0 spiro atoms. The lowest BCUT2D eigenvalue weighted by Gasteiger charge is -2.14. The number of rotatable bonds is 3. The van der Waals surface area contributed by atoms with Crippen LogP contribution in [0, 0.1) is 0 Å². The number of aromatic nitrogens is 1. The molecule has 1 heterocycles. The van der Waals surface area contributed by atoms with E-state index in [1.807, 2.05) is 0 Å². The fraction of sp³-hybridized carbons (Fsp3) is 0.133. The molecule has 0 bridgehead atoms. The summed E-state index contributed by atoms with van der Waals surface area (Å²) in [5.74, 6) is -0.396. The van der Waals surface area contributed by atoms with Crippen LogP contribution in [-0.2, 0) is 10.1 Å². The Morgan fingerprint density at radius 2 is 1.71 bits per heavy atom. The number of fused-ring (bicyclic) bond motifs is 2. The standard InChI is InChI=1S/C15H10F3NO3S2/c1-23-14-9-5-2-3-6-10(9)19-11-7-4-8-12(13(11)14)22-24(20,21)15(16,17)18/h2-8H,1H3. The van der Waals surface area contributed by atoms with Crippen molar-refractivity contribution in [2.75, 3.05) is 6.26 Å². The molecule has 3 aromatic rings. The second-order valence-electron chi connectivity index (χ2n) is 4.80. The van der Waals surface area contributed by atoms with Crippen molar-refractivity contribution in [3.63, 3.8) is 0 Å². The number of pyridine rings is 1. The van der Waals surface area contributed by atoms with Crippen molar-refractivity contribution in [3.8, 4) is 5.75 Å². The smallest absolute Gasteiger partial charge is 0.375 e. The molecule has 0 aliphatic heterocycles. The molecule has 0 amide bonds. The Kier molecular flexibility index (Phi) is 4.08. The normalized spacial score (nSPS) is 12.7. The number of hydrogen-bond donors (Lipinski definition) is 0. The van der Waals surface area contributed by atoms with Gasteiger partial charge < -0.3 is 4.18 Å². The van der Waals surface area contributed by atoms with Gasteiger partial charge in [0, 0.05) is 10.3 Å². The summed E-state index contributed by atoms with van der Waals surface area (Å²) in [4.78, 5) is 4.97. The summed E-state index contributed by atoms with van der Waals surface area (Å²) in [7, 11) is -5.76. The number of hydrogen-bond acceptors (Lipinski definition) is 5. The second-order valence-corrected chi connectivity index (χ2v) is 7.15. The van der Waals surface area contributed by atoms with Crippen LogP contribution in [-0.4, -0.2) is 25.2 Å². The van der Waals surface area contributed by atoms with Gasteiger partial charge in [0.2, 0.25) is 0 Å². The van der Waals surface area contributed by atoms with E-state index in [9.17, 15) is 21.6 Å². The highest BCUT2D eigenvalue weighted by atomic mass is 32.2. The second kappa shape index (κ2) is 5.82. The topological polar surface area (TPSA) is 56.3 Å².